The lowest BCUT2D eigenvalue weighted by Gasteiger charge is -2.25. The molecule has 1 aromatic heterocycles. The summed E-state index contributed by atoms with van der Waals surface area (Å²) in [4.78, 5) is 11.0. The maximum atomic E-state index is 5.99. The molecule has 20 heavy (non-hydrogen) atoms. The van der Waals surface area contributed by atoms with Gasteiger partial charge in [0.2, 0.25) is 5.28 Å². The van der Waals surface area contributed by atoms with Crippen LogP contribution in [0.4, 0.5) is 5.82 Å². The van der Waals surface area contributed by atoms with Crippen LogP contribution in [0.5, 0.6) is 0 Å². The van der Waals surface area contributed by atoms with Gasteiger partial charge >= 0.3 is 0 Å². The smallest absolute Gasteiger partial charge is 0.224 e. The molecule has 0 spiro atoms. The summed E-state index contributed by atoms with van der Waals surface area (Å²) in [6.45, 7) is 3.08. The molecule has 106 valence electrons. The molecule has 1 saturated carbocycles. The first-order valence-corrected chi connectivity index (χ1v) is 7.41. The van der Waals surface area contributed by atoms with Crippen molar-refractivity contribution in [1.82, 2.24) is 14.9 Å². The van der Waals surface area contributed by atoms with Gasteiger partial charge in [-0.05, 0) is 50.5 Å². The van der Waals surface area contributed by atoms with Crippen molar-refractivity contribution in [3.8, 4) is 0 Å². The van der Waals surface area contributed by atoms with Crippen molar-refractivity contribution in [1.29, 1.82) is 0 Å². The first-order chi connectivity index (χ1) is 9.65. The Morgan fingerprint density at radius 3 is 2.85 bits per heavy atom. The van der Waals surface area contributed by atoms with Crippen molar-refractivity contribution in [2.75, 3.05) is 18.9 Å². The molecule has 0 amide bonds. The van der Waals surface area contributed by atoms with Crippen LogP contribution in [0.15, 0.2) is 24.3 Å². The van der Waals surface area contributed by atoms with Crippen LogP contribution in [0.25, 0.3) is 10.9 Å². The van der Waals surface area contributed by atoms with Gasteiger partial charge in [0, 0.05) is 24.0 Å². The highest BCUT2D eigenvalue weighted by Crippen LogP contribution is 2.27. The first-order valence-electron chi connectivity index (χ1n) is 7.03. The van der Waals surface area contributed by atoms with Gasteiger partial charge in [-0.1, -0.05) is 12.1 Å². The van der Waals surface area contributed by atoms with Crippen LogP contribution >= 0.6 is 11.6 Å². The Labute approximate surface area is 124 Å². The van der Waals surface area contributed by atoms with Gasteiger partial charge < -0.3 is 5.32 Å². The number of halogens is 1. The average molecular weight is 291 g/mol. The number of rotatable bonds is 5. The molecule has 0 bridgehead atoms. The molecule has 5 heteroatoms. The average Bonchev–Trinajstić information content (AvgIpc) is 3.28. The van der Waals surface area contributed by atoms with Crippen molar-refractivity contribution in [3.05, 3.63) is 29.5 Å². The molecule has 1 aliphatic rings. The predicted molar refractivity (Wildman–Crippen MR) is 83.3 cm³/mol. The number of fused-ring (bicyclic) bond motifs is 1. The highest BCUT2D eigenvalue weighted by Gasteiger charge is 2.28. The maximum absolute atomic E-state index is 5.99. The van der Waals surface area contributed by atoms with Gasteiger partial charge in [0.25, 0.3) is 0 Å². The standard InChI is InChI=1S/C15H19ClN4/c1-10(20(2)11-7-8-11)9-17-14-12-5-3-4-6-13(12)18-15(16)19-14/h3-6,10-11H,7-9H2,1-2H3,(H,17,18,19). The molecule has 3 rings (SSSR count). The molecular weight excluding hydrogens is 272 g/mol. The fraction of sp³-hybridized carbons (Fsp3) is 0.467. The third-order valence-corrected chi connectivity index (χ3v) is 4.13. The number of hydrogen-bond acceptors (Lipinski definition) is 4. The summed E-state index contributed by atoms with van der Waals surface area (Å²) < 4.78 is 0. The topological polar surface area (TPSA) is 41.1 Å². The molecule has 1 atom stereocenters. The number of anilines is 1. The van der Waals surface area contributed by atoms with Crippen molar-refractivity contribution in [2.24, 2.45) is 0 Å². The van der Waals surface area contributed by atoms with Crippen molar-refractivity contribution < 1.29 is 0 Å². The van der Waals surface area contributed by atoms with Gasteiger partial charge in [-0.3, -0.25) is 4.90 Å². The molecule has 0 radical (unpaired) electrons. The van der Waals surface area contributed by atoms with Crippen molar-refractivity contribution >= 4 is 28.3 Å². The Morgan fingerprint density at radius 2 is 2.10 bits per heavy atom. The fourth-order valence-electron chi connectivity index (χ4n) is 2.41. The van der Waals surface area contributed by atoms with Crippen LogP contribution in [0.2, 0.25) is 5.28 Å². The third kappa shape index (κ3) is 2.86. The molecule has 0 saturated heterocycles. The van der Waals surface area contributed by atoms with Crippen LogP contribution in [0.1, 0.15) is 19.8 Å². The minimum atomic E-state index is 0.286. The molecule has 4 nitrogen and oxygen atoms in total. The normalized spacial score (nSPS) is 16.6. The molecule has 1 aromatic carbocycles. The summed E-state index contributed by atoms with van der Waals surface area (Å²) in [5.41, 5.74) is 0.873. The highest BCUT2D eigenvalue weighted by molar-refractivity contribution is 6.28. The summed E-state index contributed by atoms with van der Waals surface area (Å²) in [6, 6.07) is 9.15. The number of likely N-dealkylation sites (N-methyl/N-ethyl adjacent to an activating group) is 1. The fourth-order valence-corrected chi connectivity index (χ4v) is 2.59. The molecule has 1 heterocycles. The number of benzene rings is 1. The highest BCUT2D eigenvalue weighted by atomic mass is 35.5. The van der Waals surface area contributed by atoms with Gasteiger partial charge in [0.1, 0.15) is 5.82 Å². The van der Waals surface area contributed by atoms with Crippen LogP contribution in [0.3, 0.4) is 0 Å². The summed E-state index contributed by atoms with van der Waals surface area (Å²) in [5, 5.41) is 4.71. The zero-order chi connectivity index (χ0) is 14.1. The van der Waals surface area contributed by atoms with Crippen LogP contribution in [-0.4, -0.2) is 40.5 Å². The first kappa shape index (κ1) is 13.6. The van der Waals surface area contributed by atoms with Gasteiger partial charge in [-0.25, -0.2) is 9.97 Å². The number of para-hydroxylation sites is 1. The minimum absolute atomic E-state index is 0.286. The summed E-state index contributed by atoms with van der Waals surface area (Å²) >= 11 is 5.99. The van der Waals surface area contributed by atoms with E-state index in [2.05, 4.69) is 34.2 Å². The summed E-state index contributed by atoms with van der Waals surface area (Å²) in [7, 11) is 2.19. The Balaban J connectivity index is 1.76. The molecule has 1 unspecified atom stereocenters. The monoisotopic (exact) mass is 290 g/mol. The lowest BCUT2D eigenvalue weighted by atomic mass is 10.2. The largest absolute Gasteiger partial charge is 0.368 e. The van der Waals surface area contributed by atoms with E-state index in [0.717, 1.165) is 29.3 Å². The zero-order valence-corrected chi connectivity index (χ0v) is 12.6. The van der Waals surface area contributed by atoms with E-state index in [-0.39, 0.29) is 5.28 Å². The second kappa shape index (κ2) is 5.54. The van der Waals surface area contributed by atoms with Gasteiger partial charge in [-0.2, -0.15) is 0 Å². The Kier molecular flexibility index (Phi) is 3.76. The van der Waals surface area contributed by atoms with Gasteiger partial charge in [0.05, 0.1) is 5.52 Å². The van der Waals surface area contributed by atoms with E-state index in [9.17, 15) is 0 Å². The van der Waals surface area contributed by atoms with Crippen LogP contribution < -0.4 is 5.32 Å². The van der Waals surface area contributed by atoms with Crippen molar-refractivity contribution in [2.45, 2.75) is 31.8 Å². The minimum Gasteiger partial charge on any atom is -0.368 e. The molecular formula is C15H19ClN4. The lowest BCUT2D eigenvalue weighted by Crippen LogP contribution is -2.36. The van der Waals surface area contributed by atoms with E-state index in [1.165, 1.54) is 12.8 Å². The molecule has 0 aliphatic heterocycles. The van der Waals surface area contributed by atoms with E-state index < -0.39 is 0 Å². The molecule has 1 aliphatic carbocycles. The third-order valence-electron chi connectivity index (χ3n) is 3.96. The van der Waals surface area contributed by atoms with E-state index in [1.807, 2.05) is 24.3 Å². The van der Waals surface area contributed by atoms with Crippen LogP contribution in [0, 0.1) is 0 Å². The Bertz CT molecular complexity index is 612. The second-order valence-electron chi connectivity index (χ2n) is 5.48. The van der Waals surface area contributed by atoms with E-state index in [0.29, 0.717) is 6.04 Å². The number of hydrogen-bond donors (Lipinski definition) is 1. The number of nitrogens with one attached hydrogen (secondary N) is 1. The Hall–Kier alpha value is -1.39. The lowest BCUT2D eigenvalue weighted by molar-refractivity contribution is 0.257. The summed E-state index contributed by atoms with van der Waals surface area (Å²) in [6.07, 6.45) is 2.65. The van der Waals surface area contributed by atoms with Gasteiger partial charge in [-0.15, -0.1) is 0 Å². The van der Waals surface area contributed by atoms with E-state index in [1.54, 1.807) is 0 Å². The number of nitrogens with zero attached hydrogens (tertiary/aromatic N) is 3. The maximum Gasteiger partial charge on any atom is 0.224 e. The molecule has 1 fully saturated rings. The zero-order valence-electron chi connectivity index (χ0n) is 11.8. The second-order valence-corrected chi connectivity index (χ2v) is 5.82. The SMILES string of the molecule is CC(CNc1nc(Cl)nc2ccccc12)N(C)C1CC1. The molecule has 2 aromatic rings. The van der Waals surface area contributed by atoms with E-state index in [4.69, 9.17) is 11.6 Å². The van der Waals surface area contributed by atoms with Gasteiger partial charge in [0.15, 0.2) is 0 Å². The number of aromatic nitrogens is 2. The van der Waals surface area contributed by atoms with E-state index >= 15 is 0 Å². The van der Waals surface area contributed by atoms with Crippen LogP contribution in [-0.2, 0) is 0 Å². The predicted octanol–water partition coefficient (Wildman–Crippen LogP) is 3.18. The Morgan fingerprint density at radius 1 is 1.35 bits per heavy atom. The molecule has 1 N–H and O–H groups in total. The van der Waals surface area contributed by atoms with Crippen molar-refractivity contribution in [3.63, 3.8) is 0 Å². The summed E-state index contributed by atoms with van der Waals surface area (Å²) in [5.74, 6) is 0.816. The quantitative estimate of drug-likeness (QED) is 0.859.